The van der Waals surface area contributed by atoms with Crippen molar-refractivity contribution >= 4 is 0 Å². The number of methoxy groups -OCH3 is 1. The van der Waals surface area contributed by atoms with Crippen LogP contribution in [0.5, 0.6) is 0 Å². The molecule has 1 N–H and O–H groups in total. The zero-order valence-electron chi connectivity index (χ0n) is 8.79. The summed E-state index contributed by atoms with van der Waals surface area (Å²) in [6, 6.07) is 0. The van der Waals surface area contributed by atoms with Crippen molar-refractivity contribution in [2.45, 2.75) is 19.6 Å². The van der Waals surface area contributed by atoms with Crippen molar-refractivity contribution in [1.29, 1.82) is 0 Å². The van der Waals surface area contributed by atoms with Gasteiger partial charge in [0.15, 0.2) is 0 Å². The SMILES string of the molecule is C=C/C=C1/NC(OC)C=CC/C1=C/C. The average molecular weight is 191 g/mol. The molecule has 0 aliphatic carbocycles. The molecule has 0 fully saturated rings. The van der Waals surface area contributed by atoms with Gasteiger partial charge in [0.05, 0.1) is 0 Å². The van der Waals surface area contributed by atoms with Crippen LogP contribution in [-0.4, -0.2) is 13.3 Å². The lowest BCUT2D eigenvalue weighted by Gasteiger charge is -2.16. The summed E-state index contributed by atoms with van der Waals surface area (Å²) in [7, 11) is 1.69. The normalized spacial score (nSPS) is 27.4. The lowest BCUT2D eigenvalue weighted by molar-refractivity contribution is 0.123. The Morgan fingerprint density at radius 2 is 2.43 bits per heavy atom. The molecule has 1 rings (SSSR count). The molecule has 1 atom stereocenters. The van der Waals surface area contributed by atoms with E-state index < -0.39 is 0 Å². The Balaban J connectivity index is 2.89. The van der Waals surface area contributed by atoms with E-state index in [1.165, 1.54) is 5.57 Å². The molecular formula is C12H17NO. The third kappa shape index (κ3) is 2.60. The summed E-state index contributed by atoms with van der Waals surface area (Å²) < 4.78 is 5.24. The Hall–Kier alpha value is -1.28. The lowest BCUT2D eigenvalue weighted by Crippen LogP contribution is -2.27. The van der Waals surface area contributed by atoms with E-state index in [4.69, 9.17) is 4.74 Å². The maximum absolute atomic E-state index is 5.24. The van der Waals surface area contributed by atoms with Gasteiger partial charge in [-0.15, -0.1) is 0 Å². The predicted octanol–water partition coefficient (Wildman–Crippen LogP) is 2.52. The summed E-state index contributed by atoms with van der Waals surface area (Å²) >= 11 is 0. The Morgan fingerprint density at radius 3 is 3.00 bits per heavy atom. The maximum atomic E-state index is 5.24. The Morgan fingerprint density at radius 1 is 1.64 bits per heavy atom. The largest absolute Gasteiger partial charge is 0.358 e. The molecule has 1 heterocycles. The van der Waals surface area contributed by atoms with Crippen LogP contribution in [0, 0.1) is 0 Å². The van der Waals surface area contributed by atoms with Gasteiger partial charge < -0.3 is 10.1 Å². The molecule has 76 valence electrons. The molecule has 14 heavy (non-hydrogen) atoms. The van der Waals surface area contributed by atoms with Crippen molar-refractivity contribution in [3.8, 4) is 0 Å². The van der Waals surface area contributed by atoms with Gasteiger partial charge in [-0.3, -0.25) is 0 Å². The summed E-state index contributed by atoms with van der Waals surface area (Å²) in [6.07, 6.45) is 10.9. The minimum atomic E-state index is -0.0429. The molecule has 0 aromatic heterocycles. The second kappa shape index (κ2) is 5.45. The van der Waals surface area contributed by atoms with Crippen LogP contribution in [0.1, 0.15) is 13.3 Å². The maximum Gasteiger partial charge on any atom is 0.146 e. The molecule has 2 heteroatoms. The number of hydrogen-bond acceptors (Lipinski definition) is 2. The zero-order chi connectivity index (χ0) is 10.4. The lowest BCUT2D eigenvalue weighted by atomic mass is 10.1. The molecule has 0 saturated carbocycles. The van der Waals surface area contributed by atoms with E-state index in [0.29, 0.717) is 0 Å². The monoisotopic (exact) mass is 191 g/mol. The van der Waals surface area contributed by atoms with E-state index in [1.807, 2.05) is 19.1 Å². The van der Waals surface area contributed by atoms with Crippen molar-refractivity contribution in [2.24, 2.45) is 0 Å². The predicted molar refractivity (Wildman–Crippen MR) is 59.7 cm³/mol. The van der Waals surface area contributed by atoms with E-state index >= 15 is 0 Å². The second-order valence-electron chi connectivity index (χ2n) is 3.06. The molecule has 0 aromatic carbocycles. The quantitative estimate of drug-likeness (QED) is 0.677. The summed E-state index contributed by atoms with van der Waals surface area (Å²) in [5.74, 6) is 0. The van der Waals surface area contributed by atoms with Crippen molar-refractivity contribution in [3.05, 3.63) is 48.2 Å². The van der Waals surface area contributed by atoms with Crippen molar-refractivity contribution in [1.82, 2.24) is 5.32 Å². The third-order valence-corrected chi connectivity index (χ3v) is 2.18. The summed E-state index contributed by atoms with van der Waals surface area (Å²) in [5.41, 5.74) is 2.35. The molecule has 0 radical (unpaired) electrons. The molecule has 0 saturated heterocycles. The van der Waals surface area contributed by atoms with Gasteiger partial charge in [0, 0.05) is 12.8 Å². The van der Waals surface area contributed by atoms with Gasteiger partial charge in [-0.05, 0) is 31.1 Å². The van der Waals surface area contributed by atoms with E-state index in [9.17, 15) is 0 Å². The minimum absolute atomic E-state index is 0.0429. The third-order valence-electron chi connectivity index (χ3n) is 2.18. The molecule has 0 spiro atoms. The van der Waals surface area contributed by atoms with E-state index in [1.54, 1.807) is 13.2 Å². The van der Waals surface area contributed by atoms with Crippen LogP contribution in [0.4, 0.5) is 0 Å². The fourth-order valence-electron chi connectivity index (χ4n) is 1.41. The van der Waals surface area contributed by atoms with Crippen LogP contribution in [0.15, 0.2) is 48.2 Å². The van der Waals surface area contributed by atoms with E-state index in [0.717, 1.165) is 12.1 Å². The smallest absolute Gasteiger partial charge is 0.146 e. The zero-order valence-corrected chi connectivity index (χ0v) is 8.79. The molecule has 2 nitrogen and oxygen atoms in total. The first-order valence-corrected chi connectivity index (χ1v) is 4.76. The number of allylic oxidation sites excluding steroid dienone is 5. The van der Waals surface area contributed by atoms with Crippen LogP contribution < -0.4 is 5.32 Å². The first kappa shape index (κ1) is 10.8. The molecular weight excluding hydrogens is 174 g/mol. The van der Waals surface area contributed by atoms with Crippen LogP contribution in [0.25, 0.3) is 0 Å². The van der Waals surface area contributed by atoms with Crippen molar-refractivity contribution in [3.63, 3.8) is 0 Å². The molecule has 0 aromatic rings. The molecule has 1 unspecified atom stereocenters. The number of nitrogens with one attached hydrogen (secondary N) is 1. The van der Waals surface area contributed by atoms with Crippen LogP contribution >= 0.6 is 0 Å². The van der Waals surface area contributed by atoms with E-state index in [-0.39, 0.29) is 6.23 Å². The first-order chi connectivity index (χ1) is 6.81. The van der Waals surface area contributed by atoms with Gasteiger partial charge in [0.25, 0.3) is 0 Å². The highest BCUT2D eigenvalue weighted by atomic mass is 16.5. The van der Waals surface area contributed by atoms with Gasteiger partial charge in [-0.1, -0.05) is 24.8 Å². The Labute approximate surface area is 85.7 Å². The second-order valence-corrected chi connectivity index (χ2v) is 3.06. The fourth-order valence-corrected chi connectivity index (χ4v) is 1.41. The van der Waals surface area contributed by atoms with Crippen molar-refractivity contribution < 1.29 is 4.74 Å². The van der Waals surface area contributed by atoms with Gasteiger partial charge in [0.1, 0.15) is 6.23 Å². The first-order valence-electron chi connectivity index (χ1n) is 4.76. The highest BCUT2D eigenvalue weighted by molar-refractivity contribution is 5.35. The average Bonchev–Trinajstić information content (AvgIpc) is 2.40. The standard InChI is InChI=1S/C12H17NO/c1-4-7-11-10(5-2)8-6-9-12(13-11)14-3/h4-7,9,12-13H,1,8H2,2-3H3/b10-5-,11-7+. The van der Waals surface area contributed by atoms with Gasteiger partial charge in [-0.2, -0.15) is 0 Å². The topological polar surface area (TPSA) is 21.3 Å². The summed E-state index contributed by atoms with van der Waals surface area (Å²) in [6.45, 7) is 5.74. The van der Waals surface area contributed by atoms with Gasteiger partial charge in [0.2, 0.25) is 0 Å². The van der Waals surface area contributed by atoms with Crippen LogP contribution in [-0.2, 0) is 4.74 Å². The Bertz CT molecular complexity index is 287. The highest BCUT2D eigenvalue weighted by Gasteiger charge is 2.10. The molecule has 0 bridgehead atoms. The van der Waals surface area contributed by atoms with Gasteiger partial charge >= 0.3 is 0 Å². The van der Waals surface area contributed by atoms with Crippen molar-refractivity contribution in [2.75, 3.05) is 7.11 Å². The highest BCUT2D eigenvalue weighted by Crippen LogP contribution is 2.17. The Kier molecular flexibility index (Phi) is 4.20. The summed E-state index contributed by atoms with van der Waals surface area (Å²) in [4.78, 5) is 0. The van der Waals surface area contributed by atoms with Gasteiger partial charge in [-0.25, -0.2) is 0 Å². The minimum Gasteiger partial charge on any atom is -0.358 e. The molecule has 1 aliphatic rings. The fraction of sp³-hybridized carbons (Fsp3) is 0.333. The number of ether oxygens (including phenoxy) is 1. The molecule has 0 amide bonds. The molecule has 1 aliphatic heterocycles. The number of hydrogen-bond donors (Lipinski definition) is 1. The van der Waals surface area contributed by atoms with Crippen LogP contribution in [0.3, 0.4) is 0 Å². The van der Waals surface area contributed by atoms with E-state index in [2.05, 4.69) is 24.0 Å². The number of rotatable bonds is 2. The summed E-state index contributed by atoms with van der Waals surface area (Å²) in [5, 5.41) is 3.28. The van der Waals surface area contributed by atoms with Crippen LogP contribution in [0.2, 0.25) is 0 Å².